The lowest BCUT2D eigenvalue weighted by Gasteiger charge is -2.28. The predicted molar refractivity (Wildman–Crippen MR) is 233 cm³/mol. The first-order chi connectivity index (χ1) is 29.0. The smallest absolute Gasteiger partial charge is 0.253 e. The number of hydrogen-bond acceptors (Lipinski definition) is 8. The van der Waals surface area contributed by atoms with E-state index in [2.05, 4.69) is 58.8 Å². The third-order valence-electron chi connectivity index (χ3n) is 11.2. The fourth-order valence-electron chi connectivity index (χ4n) is 8.10. The summed E-state index contributed by atoms with van der Waals surface area (Å²) in [7, 11) is 0. The van der Waals surface area contributed by atoms with E-state index in [0.29, 0.717) is 18.5 Å². The van der Waals surface area contributed by atoms with E-state index in [1.807, 2.05) is 82.9 Å². The highest BCUT2D eigenvalue weighted by Crippen LogP contribution is 2.40. The summed E-state index contributed by atoms with van der Waals surface area (Å²) in [4.78, 5) is 60.4. The Morgan fingerprint density at radius 3 is 1.75 bits per heavy atom. The van der Waals surface area contributed by atoms with Crippen LogP contribution in [0.15, 0.2) is 146 Å². The van der Waals surface area contributed by atoms with Crippen LogP contribution in [0.4, 0.5) is 0 Å². The van der Waals surface area contributed by atoms with Gasteiger partial charge in [-0.15, -0.1) is 22.7 Å². The van der Waals surface area contributed by atoms with Crippen molar-refractivity contribution in [3.8, 4) is 32.0 Å². The van der Waals surface area contributed by atoms with Gasteiger partial charge in [-0.1, -0.05) is 109 Å². The van der Waals surface area contributed by atoms with Gasteiger partial charge < -0.3 is 15.1 Å². The Kier molecular flexibility index (Phi) is 11.2. The van der Waals surface area contributed by atoms with Gasteiger partial charge in [-0.25, -0.2) is 9.97 Å². The molecule has 2 saturated heterocycles. The van der Waals surface area contributed by atoms with Crippen molar-refractivity contribution in [2.45, 2.75) is 50.2 Å². The SMILES string of the molecule is O=C(N[C@H](C(=O)N1CCC[C@H]1c1ncc(-c2ccc(-c3ccc(-c4cnc(C5CCCN5C(=O)Cc5ccccc5)s4)cc3)cc2)s1)c1ccccc1)c1cccnc1. The number of aromatic nitrogens is 3. The molecule has 9 nitrogen and oxygen atoms in total. The highest BCUT2D eigenvalue weighted by molar-refractivity contribution is 7.15. The molecule has 0 radical (unpaired) electrons. The molecule has 11 heteroatoms. The number of amides is 3. The summed E-state index contributed by atoms with van der Waals surface area (Å²) in [5.74, 6) is -0.334. The Bertz CT molecular complexity index is 2540. The molecular weight excluding hydrogens is 773 g/mol. The molecule has 59 heavy (non-hydrogen) atoms. The molecule has 1 unspecified atom stereocenters. The first-order valence-corrected chi connectivity index (χ1v) is 21.6. The van der Waals surface area contributed by atoms with Crippen LogP contribution in [0, 0.1) is 0 Å². The van der Waals surface area contributed by atoms with Gasteiger partial charge in [0, 0.05) is 37.9 Å². The molecule has 0 saturated carbocycles. The number of nitrogens with zero attached hydrogens (tertiary/aromatic N) is 5. The van der Waals surface area contributed by atoms with E-state index in [1.54, 1.807) is 41.0 Å². The maximum atomic E-state index is 14.2. The van der Waals surface area contributed by atoms with Crippen LogP contribution in [0.3, 0.4) is 0 Å². The molecule has 3 amide bonds. The summed E-state index contributed by atoms with van der Waals surface area (Å²) >= 11 is 3.29. The number of carbonyl (C=O) groups excluding carboxylic acids is 3. The minimum Gasteiger partial charge on any atom is -0.336 e. The summed E-state index contributed by atoms with van der Waals surface area (Å²) in [5, 5.41) is 4.87. The molecule has 7 aromatic rings. The number of thiazole rings is 2. The molecule has 1 N–H and O–H groups in total. The molecule has 5 heterocycles. The molecule has 2 aliphatic heterocycles. The molecule has 4 aromatic carbocycles. The number of rotatable bonds is 11. The standard InChI is InChI=1S/C48H42N6O3S2/c55-43(28-32-10-3-1-4-11-32)53-26-8-15-39(53)46-50-30-41(58-46)35-21-17-33(18-22-35)34-19-23-36(24-20-34)42-31-51-47(59-42)40-16-9-27-54(40)48(57)44(37-12-5-2-6-13-37)52-45(56)38-14-7-25-49-29-38/h1-7,10-14,17-25,29-31,39-40,44H,8-9,15-16,26-28H2,(H,52,56)/t39?,40-,44-/m0/s1. The van der Waals surface area contributed by atoms with Crippen molar-refractivity contribution in [2.24, 2.45) is 0 Å². The van der Waals surface area contributed by atoms with Gasteiger partial charge in [-0.05, 0) is 71.2 Å². The molecule has 0 bridgehead atoms. The van der Waals surface area contributed by atoms with Crippen molar-refractivity contribution in [2.75, 3.05) is 13.1 Å². The fraction of sp³-hybridized carbons (Fsp3) is 0.208. The summed E-state index contributed by atoms with van der Waals surface area (Å²) < 4.78 is 0. The average Bonchev–Trinajstić information content (AvgIpc) is 4.14. The van der Waals surface area contributed by atoms with Crippen molar-refractivity contribution in [3.05, 3.63) is 173 Å². The third-order valence-corrected chi connectivity index (χ3v) is 13.5. The van der Waals surface area contributed by atoms with E-state index in [1.165, 1.54) is 6.20 Å². The highest BCUT2D eigenvalue weighted by atomic mass is 32.1. The van der Waals surface area contributed by atoms with E-state index in [4.69, 9.17) is 9.97 Å². The zero-order valence-electron chi connectivity index (χ0n) is 32.3. The van der Waals surface area contributed by atoms with Crippen LogP contribution in [0.2, 0.25) is 0 Å². The first kappa shape index (κ1) is 38.2. The fourth-order valence-corrected chi connectivity index (χ4v) is 10.2. The van der Waals surface area contributed by atoms with Crippen LogP contribution in [0.5, 0.6) is 0 Å². The van der Waals surface area contributed by atoms with Gasteiger partial charge in [0.1, 0.15) is 16.1 Å². The molecule has 294 valence electrons. The van der Waals surface area contributed by atoms with Crippen LogP contribution >= 0.6 is 22.7 Å². The lowest BCUT2D eigenvalue weighted by atomic mass is 10.0. The Morgan fingerprint density at radius 2 is 1.17 bits per heavy atom. The van der Waals surface area contributed by atoms with E-state index < -0.39 is 6.04 Å². The number of pyridine rings is 1. The van der Waals surface area contributed by atoms with Crippen molar-refractivity contribution in [1.82, 2.24) is 30.1 Å². The van der Waals surface area contributed by atoms with E-state index in [-0.39, 0.29) is 29.8 Å². The van der Waals surface area contributed by atoms with E-state index in [0.717, 1.165) is 85.4 Å². The average molecular weight is 815 g/mol. The minimum atomic E-state index is -0.838. The summed E-state index contributed by atoms with van der Waals surface area (Å²) in [6.45, 7) is 1.37. The van der Waals surface area contributed by atoms with Crippen molar-refractivity contribution >= 4 is 40.4 Å². The quantitative estimate of drug-likeness (QED) is 0.139. The van der Waals surface area contributed by atoms with E-state index in [9.17, 15) is 14.4 Å². The lowest BCUT2D eigenvalue weighted by Crippen LogP contribution is -2.42. The number of nitrogens with one attached hydrogen (secondary N) is 1. The Balaban J connectivity index is 0.856. The summed E-state index contributed by atoms with van der Waals surface area (Å²) in [5.41, 5.74) is 6.57. The van der Waals surface area contributed by atoms with Crippen molar-refractivity contribution in [1.29, 1.82) is 0 Å². The van der Waals surface area contributed by atoms with Gasteiger partial charge in [0.15, 0.2) is 0 Å². The molecule has 2 aliphatic rings. The molecule has 0 aliphatic carbocycles. The second-order valence-corrected chi connectivity index (χ2v) is 17.1. The van der Waals surface area contributed by atoms with Crippen LogP contribution in [-0.4, -0.2) is 55.6 Å². The zero-order valence-corrected chi connectivity index (χ0v) is 33.9. The van der Waals surface area contributed by atoms with Crippen LogP contribution in [-0.2, 0) is 16.0 Å². The topological polar surface area (TPSA) is 108 Å². The van der Waals surface area contributed by atoms with Crippen molar-refractivity contribution < 1.29 is 14.4 Å². The Hall–Kier alpha value is -6.30. The second-order valence-electron chi connectivity index (χ2n) is 14.9. The highest BCUT2D eigenvalue weighted by Gasteiger charge is 2.37. The van der Waals surface area contributed by atoms with Crippen LogP contribution in [0.1, 0.15) is 75.3 Å². The van der Waals surface area contributed by atoms with Gasteiger partial charge in [0.2, 0.25) is 11.8 Å². The zero-order chi connectivity index (χ0) is 40.1. The van der Waals surface area contributed by atoms with Gasteiger partial charge in [0.05, 0.1) is 33.8 Å². The van der Waals surface area contributed by atoms with Gasteiger partial charge >= 0.3 is 0 Å². The van der Waals surface area contributed by atoms with Gasteiger partial charge in [-0.2, -0.15) is 0 Å². The lowest BCUT2D eigenvalue weighted by molar-refractivity contribution is -0.134. The Morgan fingerprint density at radius 1 is 0.627 bits per heavy atom. The Labute approximate surface area is 351 Å². The molecule has 3 aromatic heterocycles. The molecule has 0 spiro atoms. The third kappa shape index (κ3) is 8.35. The van der Waals surface area contributed by atoms with Gasteiger partial charge in [0.25, 0.3) is 5.91 Å². The predicted octanol–water partition coefficient (Wildman–Crippen LogP) is 9.74. The molecule has 2 fully saturated rings. The molecular formula is C48H42N6O3S2. The summed E-state index contributed by atoms with van der Waals surface area (Å²) in [6, 6.07) is 38.9. The molecule has 3 atom stereocenters. The normalized spacial score (nSPS) is 16.9. The first-order valence-electron chi connectivity index (χ1n) is 20.0. The maximum absolute atomic E-state index is 14.2. The van der Waals surface area contributed by atoms with E-state index >= 15 is 0 Å². The number of likely N-dealkylation sites (tertiary alicyclic amines) is 2. The largest absolute Gasteiger partial charge is 0.336 e. The number of benzene rings is 4. The van der Waals surface area contributed by atoms with Crippen LogP contribution in [0.25, 0.3) is 32.0 Å². The summed E-state index contributed by atoms with van der Waals surface area (Å²) in [6.07, 6.45) is 11.0. The van der Waals surface area contributed by atoms with Crippen LogP contribution < -0.4 is 5.32 Å². The monoisotopic (exact) mass is 814 g/mol. The number of carbonyl (C=O) groups is 3. The maximum Gasteiger partial charge on any atom is 0.253 e. The van der Waals surface area contributed by atoms with Gasteiger partial charge in [-0.3, -0.25) is 19.4 Å². The second kappa shape index (κ2) is 17.3. The number of hydrogen-bond donors (Lipinski definition) is 1. The molecule has 9 rings (SSSR count). The minimum absolute atomic E-state index is 0.0292. The van der Waals surface area contributed by atoms with Crippen molar-refractivity contribution in [3.63, 3.8) is 0 Å².